The fourth-order valence-electron chi connectivity index (χ4n) is 2.03. The molecule has 0 fully saturated rings. The molecule has 0 saturated carbocycles. The van der Waals surface area contributed by atoms with Crippen LogP contribution in [0.4, 0.5) is 4.39 Å². The van der Waals surface area contributed by atoms with Crippen molar-refractivity contribution < 1.29 is 4.39 Å². The van der Waals surface area contributed by atoms with Crippen molar-refractivity contribution in [2.45, 2.75) is 12.5 Å². The predicted octanol–water partition coefficient (Wildman–Crippen LogP) is 3.96. The highest BCUT2D eigenvalue weighted by Crippen LogP contribution is 2.31. The quantitative estimate of drug-likeness (QED) is 0.884. The van der Waals surface area contributed by atoms with Crippen molar-refractivity contribution >= 4 is 11.6 Å². The second-order valence-corrected chi connectivity index (χ2v) is 4.78. The summed E-state index contributed by atoms with van der Waals surface area (Å²) < 4.78 is 13.2. The van der Waals surface area contributed by atoms with Crippen molar-refractivity contribution in [1.82, 2.24) is 5.32 Å². The molecule has 2 rings (SSSR count). The number of nitrogens with one attached hydrogen (secondary N) is 1. The first-order valence-corrected chi connectivity index (χ1v) is 6.15. The smallest absolute Gasteiger partial charge is 0.141 e. The molecule has 0 radical (unpaired) electrons. The van der Waals surface area contributed by atoms with Crippen molar-refractivity contribution in [1.29, 1.82) is 0 Å². The summed E-state index contributed by atoms with van der Waals surface area (Å²) in [5.41, 5.74) is 1.65. The largest absolute Gasteiger partial charge is 0.307 e. The van der Waals surface area contributed by atoms with Gasteiger partial charge in [-0.15, -0.1) is 0 Å². The Bertz CT molecular complexity index is 541. The van der Waals surface area contributed by atoms with Crippen molar-refractivity contribution in [3.8, 4) is 0 Å². The van der Waals surface area contributed by atoms with Crippen molar-refractivity contribution in [2.75, 3.05) is 7.05 Å². The molecular weight excluding hydrogens is 249 g/mol. The second-order valence-electron chi connectivity index (χ2n) is 4.37. The third kappa shape index (κ3) is 2.26. The lowest BCUT2D eigenvalue weighted by Gasteiger charge is -2.30. The van der Waals surface area contributed by atoms with Crippen LogP contribution in [0.1, 0.15) is 18.1 Å². The molecule has 0 spiro atoms. The van der Waals surface area contributed by atoms with Crippen LogP contribution in [0.15, 0.2) is 48.5 Å². The fraction of sp³-hybridized carbons (Fsp3) is 0.200. The van der Waals surface area contributed by atoms with Crippen LogP contribution in [-0.2, 0) is 5.54 Å². The van der Waals surface area contributed by atoms with Crippen LogP contribution >= 0.6 is 11.6 Å². The van der Waals surface area contributed by atoms with Crippen molar-refractivity contribution in [2.24, 2.45) is 0 Å². The zero-order chi connectivity index (χ0) is 13.2. The van der Waals surface area contributed by atoms with Gasteiger partial charge in [0.15, 0.2) is 0 Å². The number of benzene rings is 2. The van der Waals surface area contributed by atoms with Crippen LogP contribution in [0.5, 0.6) is 0 Å². The topological polar surface area (TPSA) is 12.0 Å². The fourth-order valence-corrected chi connectivity index (χ4v) is 2.21. The molecule has 0 heterocycles. The van der Waals surface area contributed by atoms with E-state index in [4.69, 9.17) is 11.6 Å². The van der Waals surface area contributed by atoms with E-state index < -0.39 is 11.4 Å². The van der Waals surface area contributed by atoms with Gasteiger partial charge >= 0.3 is 0 Å². The molecule has 0 aliphatic carbocycles. The maximum Gasteiger partial charge on any atom is 0.141 e. The summed E-state index contributed by atoms with van der Waals surface area (Å²) >= 11 is 5.86. The SMILES string of the molecule is CN[C@@](C)(c1ccccc1)c1ccc(F)c(Cl)c1. The van der Waals surface area contributed by atoms with Gasteiger partial charge in [0.25, 0.3) is 0 Å². The van der Waals surface area contributed by atoms with Crippen LogP contribution in [-0.4, -0.2) is 7.05 Å². The van der Waals surface area contributed by atoms with E-state index in [-0.39, 0.29) is 5.02 Å². The molecule has 1 nitrogen and oxygen atoms in total. The second kappa shape index (κ2) is 5.09. The maximum atomic E-state index is 13.2. The molecule has 0 aliphatic heterocycles. The zero-order valence-electron chi connectivity index (χ0n) is 10.4. The highest BCUT2D eigenvalue weighted by Gasteiger charge is 2.27. The highest BCUT2D eigenvalue weighted by molar-refractivity contribution is 6.30. The van der Waals surface area contributed by atoms with E-state index in [1.165, 1.54) is 6.07 Å². The van der Waals surface area contributed by atoms with E-state index in [9.17, 15) is 4.39 Å². The van der Waals surface area contributed by atoms with E-state index in [0.717, 1.165) is 11.1 Å². The molecule has 0 unspecified atom stereocenters. The first-order chi connectivity index (χ1) is 8.58. The Balaban J connectivity index is 2.53. The number of halogens is 2. The van der Waals surface area contributed by atoms with Gasteiger partial charge in [0, 0.05) is 0 Å². The Hall–Kier alpha value is -1.38. The van der Waals surface area contributed by atoms with Crippen LogP contribution in [0.2, 0.25) is 5.02 Å². The van der Waals surface area contributed by atoms with Crippen molar-refractivity contribution in [3.05, 3.63) is 70.5 Å². The van der Waals surface area contributed by atoms with Gasteiger partial charge in [-0.2, -0.15) is 0 Å². The Labute approximate surface area is 112 Å². The zero-order valence-corrected chi connectivity index (χ0v) is 11.1. The van der Waals surface area contributed by atoms with Gasteiger partial charge in [-0.3, -0.25) is 0 Å². The Morgan fingerprint density at radius 2 is 1.72 bits per heavy atom. The molecule has 0 bridgehead atoms. The predicted molar refractivity (Wildman–Crippen MR) is 73.4 cm³/mol. The lowest BCUT2D eigenvalue weighted by atomic mass is 9.85. The minimum Gasteiger partial charge on any atom is -0.307 e. The third-order valence-corrected chi connectivity index (χ3v) is 3.64. The van der Waals surface area contributed by atoms with E-state index in [0.29, 0.717) is 0 Å². The third-order valence-electron chi connectivity index (χ3n) is 3.35. The molecule has 0 aromatic heterocycles. The number of hydrogen-bond donors (Lipinski definition) is 1. The molecule has 94 valence electrons. The normalized spacial score (nSPS) is 14.2. The van der Waals surface area contributed by atoms with Crippen LogP contribution in [0.3, 0.4) is 0 Å². The van der Waals surface area contributed by atoms with E-state index in [1.54, 1.807) is 12.1 Å². The molecule has 0 amide bonds. The van der Waals surface area contributed by atoms with Gasteiger partial charge < -0.3 is 5.32 Å². The molecular formula is C15H15ClFN. The standard InChI is InChI=1S/C15H15ClFN/c1-15(18-2,11-6-4-3-5-7-11)12-8-9-14(17)13(16)10-12/h3-10,18H,1-2H3/t15-/m0/s1. The Morgan fingerprint density at radius 3 is 2.28 bits per heavy atom. The van der Waals surface area contributed by atoms with Gasteiger partial charge in [-0.1, -0.05) is 48.0 Å². The summed E-state index contributed by atoms with van der Waals surface area (Å²) in [7, 11) is 1.88. The average molecular weight is 264 g/mol. The lowest BCUT2D eigenvalue weighted by Crippen LogP contribution is -2.37. The summed E-state index contributed by atoms with van der Waals surface area (Å²) in [6.07, 6.45) is 0. The molecule has 2 aromatic rings. The minimum atomic E-state index is -0.396. The van der Waals surface area contributed by atoms with E-state index in [2.05, 4.69) is 5.32 Å². The summed E-state index contributed by atoms with van der Waals surface area (Å²) in [4.78, 5) is 0. The molecule has 18 heavy (non-hydrogen) atoms. The Morgan fingerprint density at radius 1 is 1.06 bits per heavy atom. The van der Waals surface area contributed by atoms with Crippen LogP contribution in [0, 0.1) is 5.82 Å². The summed E-state index contributed by atoms with van der Waals surface area (Å²) in [5.74, 6) is -0.396. The summed E-state index contributed by atoms with van der Waals surface area (Å²) in [5, 5.41) is 3.42. The molecule has 0 saturated heterocycles. The summed E-state index contributed by atoms with van der Waals surface area (Å²) in [6.45, 7) is 2.05. The molecule has 2 aromatic carbocycles. The van der Waals surface area contributed by atoms with E-state index in [1.807, 2.05) is 44.3 Å². The summed E-state index contributed by atoms with van der Waals surface area (Å²) in [6, 6.07) is 14.8. The van der Waals surface area contributed by atoms with E-state index >= 15 is 0 Å². The maximum absolute atomic E-state index is 13.2. The minimum absolute atomic E-state index is 0.143. The molecule has 1 N–H and O–H groups in total. The molecule has 0 aliphatic rings. The van der Waals surface area contributed by atoms with Crippen LogP contribution in [0.25, 0.3) is 0 Å². The first-order valence-electron chi connectivity index (χ1n) is 5.78. The number of hydrogen-bond acceptors (Lipinski definition) is 1. The first kappa shape index (κ1) is 13.1. The van der Waals surface area contributed by atoms with Gasteiger partial charge in [0.05, 0.1) is 10.6 Å². The lowest BCUT2D eigenvalue weighted by molar-refractivity contribution is 0.483. The molecule has 3 heteroatoms. The molecule has 1 atom stereocenters. The highest BCUT2D eigenvalue weighted by atomic mass is 35.5. The van der Waals surface area contributed by atoms with Gasteiger partial charge in [0.2, 0.25) is 0 Å². The van der Waals surface area contributed by atoms with Crippen LogP contribution < -0.4 is 5.32 Å². The Kier molecular flexibility index (Phi) is 3.69. The van der Waals surface area contributed by atoms with Crippen molar-refractivity contribution in [3.63, 3.8) is 0 Å². The average Bonchev–Trinajstić information content (AvgIpc) is 2.42. The van der Waals surface area contributed by atoms with Gasteiger partial charge in [0.1, 0.15) is 5.82 Å². The number of rotatable bonds is 3. The van der Waals surface area contributed by atoms with Gasteiger partial charge in [-0.25, -0.2) is 4.39 Å². The van der Waals surface area contributed by atoms with Gasteiger partial charge in [-0.05, 0) is 37.2 Å². The monoisotopic (exact) mass is 263 g/mol.